The number of hydrogen-bond donors (Lipinski definition) is 2. The van der Waals surface area contributed by atoms with Crippen molar-refractivity contribution >= 4 is 11.6 Å². The van der Waals surface area contributed by atoms with Crippen LogP contribution in [0.2, 0.25) is 0 Å². The molecule has 116 valence electrons. The molecule has 1 heterocycles. The molecule has 4 nitrogen and oxygen atoms in total. The van der Waals surface area contributed by atoms with Crippen molar-refractivity contribution in [3.8, 4) is 5.75 Å². The number of hydrogen-bond acceptors (Lipinski definition) is 3. The van der Waals surface area contributed by atoms with Gasteiger partial charge in [0.05, 0.1) is 11.7 Å². The lowest BCUT2D eigenvalue weighted by Gasteiger charge is -2.28. The number of rotatable bonds is 3. The highest BCUT2D eigenvalue weighted by molar-refractivity contribution is 5.96. The highest BCUT2D eigenvalue weighted by Gasteiger charge is 2.32. The highest BCUT2D eigenvalue weighted by atomic mass is 19.4. The molecule has 0 aromatic heterocycles. The molecule has 0 saturated carbocycles. The van der Waals surface area contributed by atoms with Crippen LogP contribution in [0.4, 0.5) is 18.9 Å². The fraction of sp³-hybridized carbons (Fsp3) is 0.500. The number of amides is 1. The average molecular weight is 302 g/mol. The molecule has 0 aliphatic carbocycles. The van der Waals surface area contributed by atoms with Gasteiger partial charge in [-0.2, -0.15) is 0 Å². The topological polar surface area (TPSA) is 50.4 Å². The van der Waals surface area contributed by atoms with Gasteiger partial charge in [0.1, 0.15) is 0 Å². The molecular formula is C14H17F3N2O2. The van der Waals surface area contributed by atoms with E-state index in [9.17, 15) is 18.0 Å². The Kier molecular flexibility index (Phi) is 4.72. The summed E-state index contributed by atoms with van der Waals surface area (Å²) in [5.74, 6) is -0.762. The van der Waals surface area contributed by atoms with Gasteiger partial charge in [0.25, 0.3) is 0 Å². The van der Waals surface area contributed by atoms with E-state index >= 15 is 0 Å². The van der Waals surface area contributed by atoms with Crippen molar-refractivity contribution in [1.82, 2.24) is 5.32 Å². The molecule has 0 bridgehead atoms. The zero-order chi connectivity index (χ0) is 15.5. The van der Waals surface area contributed by atoms with Crippen LogP contribution in [0.3, 0.4) is 0 Å². The second-order valence-corrected chi connectivity index (χ2v) is 5.08. The van der Waals surface area contributed by atoms with Gasteiger partial charge in [-0.1, -0.05) is 12.1 Å². The fourth-order valence-corrected chi connectivity index (χ4v) is 2.35. The van der Waals surface area contributed by atoms with Gasteiger partial charge in [0, 0.05) is 6.04 Å². The van der Waals surface area contributed by atoms with E-state index in [1.807, 2.05) is 6.92 Å². The zero-order valence-electron chi connectivity index (χ0n) is 11.5. The van der Waals surface area contributed by atoms with E-state index in [1.54, 1.807) is 0 Å². The Morgan fingerprint density at radius 1 is 1.33 bits per heavy atom. The van der Waals surface area contributed by atoms with Gasteiger partial charge < -0.3 is 15.4 Å². The van der Waals surface area contributed by atoms with Crippen LogP contribution >= 0.6 is 0 Å². The molecule has 1 aromatic carbocycles. The number of alkyl halides is 3. The van der Waals surface area contributed by atoms with Gasteiger partial charge in [-0.3, -0.25) is 4.79 Å². The van der Waals surface area contributed by atoms with Gasteiger partial charge in [0.15, 0.2) is 5.75 Å². The van der Waals surface area contributed by atoms with Gasteiger partial charge in [-0.05, 0) is 38.3 Å². The third kappa shape index (κ3) is 4.63. The van der Waals surface area contributed by atoms with E-state index in [2.05, 4.69) is 15.4 Å². The summed E-state index contributed by atoms with van der Waals surface area (Å²) in [6.45, 7) is 1.97. The molecule has 0 spiro atoms. The quantitative estimate of drug-likeness (QED) is 0.902. The zero-order valence-corrected chi connectivity index (χ0v) is 11.5. The third-order valence-electron chi connectivity index (χ3n) is 3.30. The molecule has 2 unspecified atom stereocenters. The number of carbonyl (C=O) groups is 1. The Morgan fingerprint density at radius 3 is 2.71 bits per heavy atom. The van der Waals surface area contributed by atoms with Crippen LogP contribution in [-0.2, 0) is 4.79 Å². The Labute approximate surface area is 120 Å². The van der Waals surface area contributed by atoms with Crippen LogP contribution < -0.4 is 15.4 Å². The minimum Gasteiger partial charge on any atom is -0.404 e. The molecule has 2 atom stereocenters. The minimum absolute atomic E-state index is 0.0138. The summed E-state index contributed by atoms with van der Waals surface area (Å²) in [5.41, 5.74) is 0.0138. The summed E-state index contributed by atoms with van der Waals surface area (Å²) in [4.78, 5) is 12.1. The lowest BCUT2D eigenvalue weighted by molar-refractivity contribution is -0.274. The van der Waals surface area contributed by atoms with Gasteiger partial charge in [0.2, 0.25) is 5.91 Å². The first kappa shape index (κ1) is 15.6. The van der Waals surface area contributed by atoms with Crippen molar-refractivity contribution in [2.45, 2.75) is 44.6 Å². The smallest absolute Gasteiger partial charge is 0.404 e. The second kappa shape index (κ2) is 6.34. The maximum atomic E-state index is 12.3. The molecule has 1 saturated heterocycles. The molecule has 1 aliphatic rings. The third-order valence-corrected chi connectivity index (χ3v) is 3.30. The van der Waals surface area contributed by atoms with Crippen LogP contribution in [0.25, 0.3) is 0 Å². The molecule has 1 amide bonds. The number of piperidine rings is 1. The normalized spacial score (nSPS) is 22.7. The SMILES string of the molecule is CC1CCCC(C(=O)Nc2ccccc2OC(F)(F)F)N1. The first-order valence-corrected chi connectivity index (χ1v) is 6.77. The predicted molar refractivity (Wildman–Crippen MR) is 72.0 cm³/mol. The molecule has 1 fully saturated rings. The van der Waals surface area contributed by atoms with E-state index in [0.717, 1.165) is 12.8 Å². The lowest BCUT2D eigenvalue weighted by atomic mass is 9.99. The molecule has 1 aromatic rings. The van der Waals surface area contributed by atoms with Crippen molar-refractivity contribution in [3.05, 3.63) is 24.3 Å². The second-order valence-electron chi connectivity index (χ2n) is 5.08. The number of carbonyl (C=O) groups excluding carboxylic acids is 1. The van der Waals surface area contributed by atoms with E-state index in [-0.39, 0.29) is 17.6 Å². The number of anilines is 1. The number of para-hydroxylation sites is 2. The van der Waals surface area contributed by atoms with Crippen LogP contribution in [0.15, 0.2) is 24.3 Å². The Bertz CT molecular complexity index is 505. The molecule has 21 heavy (non-hydrogen) atoms. The molecule has 7 heteroatoms. The Morgan fingerprint density at radius 2 is 2.05 bits per heavy atom. The van der Waals surface area contributed by atoms with E-state index in [4.69, 9.17) is 0 Å². The summed E-state index contributed by atoms with van der Waals surface area (Å²) in [6, 6.07) is 5.32. The molecule has 1 aliphatic heterocycles. The predicted octanol–water partition coefficient (Wildman–Crippen LogP) is 3.05. The van der Waals surface area contributed by atoms with E-state index in [0.29, 0.717) is 6.42 Å². The number of ether oxygens (including phenoxy) is 1. The number of nitrogens with one attached hydrogen (secondary N) is 2. The van der Waals surface area contributed by atoms with Gasteiger partial charge in [-0.15, -0.1) is 13.2 Å². The van der Waals surface area contributed by atoms with Crippen molar-refractivity contribution in [2.24, 2.45) is 0 Å². The largest absolute Gasteiger partial charge is 0.573 e. The van der Waals surface area contributed by atoms with Crippen LogP contribution in [0.5, 0.6) is 5.75 Å². The average Bonchev–Trinajstić information content (AvgIpc) is 2.39. The number of benzene rings is 1. The maximum absolute atomic E-state index is 12.3. The first-order valence-electron chi connectivity index (χ1n) is 6.77. The van der Waals surface area contributed by atoms with Crippen molar-refractivity contribution < 1.29 is 22.7 Å². The van der Waals surface area contributed by atoms with Crippen LogP contribution in [0, 0.1) is 0 Å². The standard InChI is InChI=1S/C14H17F3N2O2/c1-9-5-4-7-11(18-9)13(20)19-10-6-2-3-8-12(10)21-14(15,16)17/h2-3,6,8-9,11,18H,4-5,7H2,1H3,(H,19,20). The number of halogens is 3. The first-order chi connectivity index (χ1) is 9.85. The minimum atomic E-state index is -4.79. The van der Waals surface area contributed by atoms with Crippen molar-refractivity contribution in [3.63, 3.8) is 0 Å². The van der Waals surface area contributed by atoms with E-state index in [1.165, 1.54) is 24.3 Å². The van der Waals surface area contributed by atoms with Crippen molar-refractivity contribution in [2.75, 3.05) is 5.32 Å². The highest BCUT2D eigenvalue weighted by Crippen LogP contribution is 2.30. The van der Waals surface area contributed by atoms with Gasteiger partial charge >= 0.3 is 6.36 Å². The maximum Gasteiger partial charge on any atom is 0.573 e. The van der Waals surface area contributed by atoms with Gasteiger partial charge in [-0.25, -0.2) is 0 Å². The fourth-order valence-electron chi connectivity index (χ4n) is 2.35. The summed E-state index contributed by atoms with van der Waals surface area (Å²) in [6.07, 6.45) is -2.23. The Hall–Kier alpha value is -1.76. The molecule has 0 radical (unpaired) electrons. The Balaban J connectivity index is 2.07. The summed E-state index contributed by atoms with van der Waals surface area (Å²) in [7, 11) is 0. The van der Waals surface area contributed by atoms with Crippen molar-refractivity contribution in [1.29, 1.82) is 0 Å². The van der Waals surface area contributed by atoms with E-state index < -0.39 is 18.2 Å². The monoisotopic (exact) mass is 302 g/mol. The summed E-state index contributed by atoms with van der Waals surface area (Å²) >= 11 is 0. The molecule has 2 N–H and O–H groups in total. The lowest BCUT2D eigenvalue weighted by Crippen LogP contribution is -2.47. The molecular weight excluding hydrogens is 285 g/mol. The van der Waals surface area contributed by atoms with Crippen LogP contribution in [-0.4, -0.2) is 24.4 Å². The summed E-state index contributed by atoms with van der Waals surface area (Å²) < 4.78 is 40.9. The summed E-state index contributed by atoms with van der Waals surface area (Å²) in [5, 5.41) is 5.63. The molecule has 2 rings (SSSR count). The van der Waals surface area contributed by atoms with Crippen LogP contribution in [0.1, 0.15) is 26.2 Å².